The van der Waals surface area contributed by atoms with Crippen LogP contribution in [0.3, 0.4) is 0 Å². The largest absolute Gasteiger partial charge is 0.478 e. The number of aryl methyl sites for hydroxylation is 1. The van der Waals surface area contributed by atoms with E-state index in [-0.39, 0.29) is 11.6 Å². The topological polar surface area (TPSA) is 68.7 Å². The van der Waals surface area contributed by atoms with E-state index in [2.05, 4.69) is 70.5 Å². The lowest BCUT2D eigenvalue weighted by atomic mass is 9.89. The van der Waals surface area contributed by atoms with E-state index < -0.39 is 5.97 Å². The first kappa shape index (κ1) is 22.4. The Bertz CT molecular complexity index is 1200. The summed E-state index contributed by atoms with van der Waals surface area (Å²) >= 11 is 0. The number of nitrogens with zero attached hydrogens (tertiary/aromatic N) is 3. The lowest BCUT2D eigenvalue weighted by Crippen LogP contribution is -2.36. The van der Waals surface area contributed by atoms with E-state index >= 15 is 0 Å². The predicted molar refractivity (Wildman–Crippen MR) is 137 cm³/mol. The first-order chi connectivity index (χ1) is 16.5. The average Bonchev–Trinajstić information content (AvgIpc) is 3.38. The maximum Gasteiger partial charge on any atom is 0.337 e. The van der Waals surface area contributed by atoms with Gasteiger partial charge in [-0.05, 0) is 79.3 Å². The number of hydrogen-bond donors (Lipinski definition) is 2. The molecule has 2 aliphatic heterocycles. The number of likely N-dealkylation sites (N-methyl/N-ethyl adjacent to an activating group) is 1. The molecule has 0 saturated carbocycles. The number of aromatic nitrogens is 1. The van der Waals surface area contributed by atoms with Gasteiger partial charge in [-0.25, -0.2) is 4.79 Å². The molecule has 1 saturated heterocycles. The highest BCUT2D eigenvalue weighted by Gasteiger charge is 2.25. The number of nitrogens with one attached hydrogen (secondary N) is 1. The van der Waals surface area contributed by atoms with Crippen molar-refractivity contribution in [3.63, 3.8) is 0 Å². The van der Waals surface area contributed by atoms with E-state index in [0.717, 1.165) is 26.1 Å². The van der Waals surface area contributed by atoms with Crippen LogP contribution in [-0.4, -0.2) is 54.2 Å². The molecule has 0 aliphatic carbocycles. The Morgan fingerprint density at radius 2 is 1.94 bits per heavy atom. The zero-order chi connectivity index (χ0) is 23.7. The highest BCUT2D eigenvalue weighted by molar-refractivity contribution is 5.93. The van der Waals surface area contributed by atoms with Gasteiger partial charge in [0.2, 0.25) is 0 Å². The second-order valence-electron chi connectivity index (χ2n) is 9.46. The maximum atomic E-state index is 11.6. The third-order valence-electron chi connectivity index (χ3n) is 7.30. The number of benzene rings is 2. The van der Waals surface area contributed by atoms with Crippen LogP contribution < -0.4 is 10.2 Å². The molecule has 1 unspecified atom stereocenters. The van der Waals surface area contributed by atoms with Crippen molar-refractivity contribution in [3.05, 3.63) is 77.1 Å². The number of rotatable bonds is 6. The molecule has 0 spiro atoms. The molecule has 2 N–H and O–H groups in total. The van der Waals surface area contributed by atoms with Crippen LogP contribution in [0.4, 0.5) is 11.4 Å². The first-order valence-electron chi connectivity index (χ1n) is 12.1. The Morgan fingerprint density at radius 1 is 1.12 bits per heavy atom. The molecule has 3 heterocycles. The van der Waals surface area contributed by atoms with Crippen molar-refractivity contribution >= 4 is 17.3 Å². The fourth-order valence-electron chi connectivity index (χ4n) is 5.34. The van der Waals surface area contributed by atoms with E-state index in [1.165, 1.54) is 58.6 Å². The van der Waals surface area contributed by atoms with Gasteiger partial charge >= 0.3 is 5.97 Å². The fourth-order valence-corrected chi connectivity index (χ4v) is 5.34. The number of carboxylic acid groups (broad SMARTS) is 1. The van der Waals surface area contributed by atoms with Gasteiger partial charge in [0.25, 0.3) is 0 Å². The van der Waals surface area contributed by atoms with Crippen LogP contribution in [0.2, 0.25) is 0 Å². The molecular formula is C28H32N4O2. The van der Waals surface area contributed by atoms with E-state index in [1.54, 1.807) is 6.20 Å². The summed E-state index contributed by atoms with van der Waals surface area (Å²) < 4.78 is 0. The summed E-state index contributed by atoms with van der Waals surface area (Å²) in [6.45, 7) is 6.12. The quantitative estimate of drug-likeness (QED) is 0.544. The molecule has 6 nitrogen and oxygen atoms in total. The molecule has 176 valence electrons. The Balaban J connectivity index is 1.38. The summed E-state index contributed by atoms with van der Waals surface area (Å²) in [5, 5.41) is 12.8. The minimum absolute atomic E-state index is 0.165. The third kappa shape index (κ3) is 4.38. The van der Waals surface area contributed by atoms with Gasteiger partial charge in [0.15, 0.2) is 0 Å². The monoisotopic (exact) mass is 456 g/mol. The molecule has 1 fully saturated rings. The molecule has 0 bridgehead atoms. The Kier molecular flexibility index (Phi) is 6.24. The second kappa shape index (κ2) is 9.47. The van der Waals surface area contributed by atoms with Crippen molar-refractivity contribution in [2.24, 2.45) is 0 Å². The van der Waals surface area contributed by atoms with Crippen LogP contribution in [0, 0.1) is 6.92 Å². The van der Waals surface area contributed by atoms with Gasteiger partial charge in [-0.15, -0.1) is 0 Å². The molecule has 2 aliphatic rings. The van der Waals surface area contributed by atoms with Crippen LogP contribution >= 0.6 is 0 Å². The standard InChI is InChI=1S/C28H32N4O2/c1-19-15-22(32-12-3-4-13-32)6-8-23(19)20-5-7-24-21(16-20)10-14-31(2)27(24)18-30-26-17-29-11-9-25(26)28(33)34/h5-9,11,15-17,27,30H,3-4,10,12-14,18H2,1-2H3,(H,33,34). The van der Waals surface area contributed by atoms with E-state index in [4.69, 9.17) is 0 Å². The van der Waals surface area contributed by atoms with Crippen molar-refractivity contribution in [3.8, 4) is 11.1 Å². The minimum atomic E-state index is -0.946. The summed E-state index contributed by atoms with van der Waals surface area (Å²) in [4.78, 5) is 20.5. The highest BCUT2D eigenvalue weighted by atomic mass is 16.4. The SMILES string of the molecule is Cc1cc(N2CCCC2)ccc1-c1ccc2c(c1)CCN(C)C2CNc1cnccc1C(=O)O. The number of anilines is 2. The molecule has 0 amide bonds. The summed E-state index contributed by atoms with van der Waals surface area (Å²) in [5.41, 5.74) is 8.68. The number of hydrogen-bond acceptors (Lipinski definition) is 5. The van der Waals surface area contributed by atoms with Crippen molar-refractivity contribution in [2.45, 2.75) is 32.2 Å². The molecule has 2 aromatic carbocycles. The molecule has 6 heteroatoms. The molecule has 34 heavy (non-hydrogen) atoms. The number of fused-ring (bicyclic) bond motifs is 1. The van der Waals surface area contributed by atoms with Crippen molar-refractivity contribution < 1.29 is 9.90 Å². The van der Waals surface area contributed by atoms with Gasteiger partial charge in [0.05, 0.1) is 23.5 Å². The van der Waals surface area contributed by atoms with Crippen LogP contribution in [0.5, 0.6) is 0 Å². The van der Waals surface area contributed by atoms with Crippen LogP contribution in [0.15, 0.2) is 54.9 Å². The summed E-state index contributed by atoms with van der Waals surface area (Å²) in [6, 6.07) is 15.4. The molecule has 3 aromatic rings. The first-order valence-corrected chi connectivity index (χ1v) is 12.1. The fraction of sp³-hybridized carbons (Fsp3) is 0.357. The second-order valence-corrected chi connectivity index (χ2v) is 9.46. The highest BCUT2D eigenvalue weighted by Crippen LogP contribution is 2.35. The lowest BCUT2D eigenvalue weighted by Gasteiger charge is -2.35. The Hall–Kier alpha value is -3.38. The smallest absolute Gasteiger partial charge is 0.337 e. The van der Waals surface area contributed by atoms with Gasteiger partial charge in [0.1, 0.15) is 0 Å². The molecule has 0 radical (unpaired) electrons. The predicted octanol–water partition coefficient (Wildman–Crippen LogP) is 5.00. The summed E-state index contributed by atoms with van der Waals surface area (Å²) in [7, 11) is 2.13. The number of carbonyl (C=O) groups is 1. The van der Waals surface area contributed by atoms with Gasteiger partial charge in [0, 0.05) is 38.1 Å². The maximum absolute atomic E-state index is 11.6. The van der Waals surface area contributed by atoms with Gasteiger partial charge in [-0.3, -0.25) is 9.88 Å². The normalized spacial score (nSPS) is 18.1. The van der Waals surface area contributed by atoms with Gasteiger partial charge < -0.3 is 15.3 Å². The van der Waals surface area contributed by atoms with E-state index in [1.807, 2.05) is 0 Å². The van der Waals surface area contributed by atoms with Crippen LogP contribution in [0.1, 0.15) is 45.9 Å². The van der Waals surface area contributed by atoms with Gasteiger partial charge in [-0.1, -0.05) is 24.3 Å². The van der Waals surface area contributed by atoms with E-state index in [9.17, 15) is 9.90 Å². The van der Waals surface area contributed by atoms with Gasteiger partial charge in [-0.2, -0.15) is 0 Å². The third-order valence-corrected chi connectivity index (χ3v) is 7.30. The lowest BCUT2D eigenvalue weighted by molar-refractivity contribution is 0.0697. The number of pyridine rings is 1. The van der Waals surface area contributed by atoms with Crippen molar-refractivity contribution in [1.29, 1.82) is 0 Å². The summed E-state index contributed by atoms with van der Waals surface area (Å²) in [5.74, 6) is -0.946. The Morgan fingerprint density at radius 3 is 2.71 bits per heavy atom. The number of aromatic carboxylic acids is 1. The molecular weight excluding hydrogens is 424 g/mol. The molecule has 1 aromatic heterocycles. The zero-order valence-corrected chi connectivity index (χ0v) is 19.9. The van der Waals surface area contributed by atoms with Crippen molar-refractivity contribution in [1.82, 2.24) is 9.88 Å². The van der Waals surface area contributed by atoms with Crippen LogP contribution in [-0.2, 0) is 6.42 Å². The average molecular weight is 457 g/mol. The van der Waals surface area contributed by atoms with E-state index in [0.29, 0.717) is 12.2 Å². The minimum Gasteiger partial charge on any atom is -0.478 e. The summed E-state index contributed by atoms with van der Waals surface area (Å²) in [6.07, 6.45) is 6.68. The zero-order valence-electron chi connectivity index (χ0n) is 19.9. The number of carboxylic acids is 1. The Labute approximate surface area is 201 Å². The van der Waals surface area contributed by atoms with Crippen LogP contribution in [0.25, 0.3) is 11.1 Å². The van der Waals surface area contributed by atoms with Crippen molar-refractivity contribution in [2.75, 3.05) is 43.4 Å². The molecule has 1 atom stereocenters. The molecule has 5 rings (SSSR count).